The number of halogens is 1. The summed E-state index contributed by atoms with van der Waals surface area (Å²) in [7, 11) is 3.22. The quantitative estimate of drug-likeness (QED) is 0.537. The van der Waals surface area contributed by atoms with Crippen molar-refractivity contribution in [3.05, 3.63) is 47.5 Å². The summed E-state index contributed by atoms with van der Waals surface area (Å²) in [5, 5.41) is 14.7. The number of benzene rings is 2. The third-order valence-corrected chi connectivity index (χ3v) is 4.89. The molecule has 2 aromatic heterocycles. The molecule has 0 bridgehead atoms. The Labute approximate surface area is 152 Å². The molecule has 8 heteroatoms. The van der Waals surface area contributed by atoms with Gasteiger partial charge in [-0.2, -0.15) is 9.61 Å². The molecular formula is C17H13ClN4O2S. The first-order valence-corrected chi connectivity index (χ1v) is 8.59. The first kappa shape index (κ1) is 15.9. The van der Waals surface area contributed by atoms with Crippen LogP contribution in [0.1, 0.15) is 0 Å². The Kier molecular flexibility index (Phi) is 4.03. The topological polar surface area (TPSA) is 61.5 Å². The SMILES string of the molecule is COc1cc(OC)cc(-c2nnc3sc(-c4ccc(Cl)cc4)nn23)c1. The van der Waals surface area contributed by atoms with Gasteiger partial charge in [0.05, 0.1) is 14.2 Å². The highest BCUT2D eigenvalue weighted by Gasteiger charge is 2.16. The van der Waals surface area contributed by atoms with Crippen molar-refractivity contribution in [1.29, 1.82) is 0 Å². The number of fused-ring (bicyclic) bond motifs is 1. The van der Waals surface area contributed by atoms with Gasteiger partial charge in [-0.1, -0.05) is 35.1 Å². The minimum absolute atomic E-state index is 0.628. The fraction of sp³-hybridized carbons (Fsp3) is 0.118. The summed E-state index contributed by atoms with van der Waals surface area (Å²) in [6.07, 6.45) is 0. The molecule has 2 heterocycles. The van der Waals surface area contributed by atoms with Gasteiger partial charge in [0.2, 0.25) is 4.96 Å². The average molecular weight is 373 g/mol. The van der Waals surface area contributed by atoms with E-state index in [-0.39, 0.29) is 0 Å². The van der Waals surface area contributed by atoms with Gasteiger partial charge in [0.25, 0.3) is 0 Å². The van der Waals surface area contributed by atoms with Crippen molar-refractivity contribution in [2.45, 2.75) is 0 Å². The van der Waals surface area contributed by atoms with Gasteiger partial charge in [-0.3, -0.25) is 0 Å². The smallest absolute Gasteiger partial charge is 0.235 e. The van der Waals surface area contributed by atoms with E-state index in [2.05, 4.69) is 15.3 Å². The van der Waals surface area contributed by atoms with Gasteiger partial charge in [0.15, 0.2) is 5.82 Å². The van der Waals surface area contributed by atoms with Crippen LogP contribution < -0.4 is 9.47 Å². The Bertz CT molecular complexity index is 1020. The predicted octanol–water partition coefficient (Wildman–Crippen LogP) is 4.19. The maximum atomic E-state index is 5.95. The zero-order valence-electron chi connectivity index (χ0n) is 13.4. The molecule has 0 fully saturated rings. The van der Waals surface area contributed by atoms with Gasteiger partial charge < -0.3 is 9.47 Å². The molecule has 2 aromatic carbocycles. The van der Waals surface area contributed by atoms with E-state index < -0.39 is 0 Å². The van der Waals surface area contributed by atoms with Crippen molar-refractivity contribution in [1.82, 2.24) is 19.8 Å². The maximum Gasteiger partial charge on any atom is 0.235 e. The summed E-state index contributed by atoms with van der Waals surface area (Å²) in [6.45, 7) is 0. The van der Waals surface area contributed by atoms with Crippen LogP contribution in [0.3, 0.4) is 0 Å². The fourth-order valence-corrected chi connectivity index (χ4v) is 3.41. The fourth-order valence-electron chi connectivity index (χ4n) is 2.44. The van der Waals surface area contributed by atoms with Crippen molar-refractivity contribution in [3.8, 4) is 33.5 Å². The number of rotatable bonds is 4. The van der Waals surface area contributed by atoms with Crippen LogP contribution >= 0.6 is 22.9 Å². The number of hydrogen-bond donors (Lipinski definition) is 0. The molecule has 6 nitrogen and oxygen atoms in total. The van der Waals surface area contributed by atoms with Crippen LogP contribution in [0.4, 0.5) is 0 Å². The van der Waals surface area contributed by atoms with E-state index in [1.54, 1.807) is 18.7 Å². The number of hydrogen-bond acceptors (Lipinski definition) is 6. The zero-order valence-corrected chi connectivity index (χ0v) is 15.0. The van der Waals surface area contributed by atoms with Crippen molar-refractivity contribution in [3.63, 3.8) is 0 Å². The first-order valence-electron chi connectivity index (χ1n) is 7.39. The molecule has 0 amide bonds. The Morgan fingerprint density at radius 2 is 1.60 bits per heavy atom. The molecule has 0 N–H and O–H groups in total. The largest absolute Gasteiger partial charge is 0.497 e. The normalized spacial score (nSPS) is 11.0. The van der Waals surface area contributed by atoms with Gasteiger partial charge in [-0.25, -0.2) is 0 Å². The van der Waals surface area contributed by atoms with Crippen LogP contribution in [-0.2, 0) is 0 Å². The van der Waals surface area contributed by atoms with Crippen LogP contribution in [0.5, 0.6) is 11.5 Å². The second-order valence-electron chi connectivity index (χ2n) is 5.23. The summed E-state index contributed by atoms with van der Waals surface area (Å²) < 4.78 is 12.4. The van der Waals surface area contributed by atoms with Gasteiger partial charge in [0, 0.05) is 22.2 Å². The lowest BCUT2D eigenvalue weighted by atomic mass is 10.2. The first-order chi connectivity index (χ1) is 12.2. The second-order valence-corrected chi connectivity index (χ2v) is 6.63. The Morgan fingerprint density at radius 3 is 2.24 bits per heavy atom. The molecule has 0 saturated heterocycles. The van der Waals surface area contributed by atoms with E-state index in [4.69, 9.17) is 21.1 Å². The van der Waals surface area contributed by atoms with Crippen LogP contribution in [0.25, 0.3) is 26.9 Å². The lowest BCUT2D eigenvalue weighted by molar-refractivity contribution is 0.394. The third kappa shape index (κ3) is 2.92. The second kappa shape index (κ2) is 6.34. The van der Waals surface area contributed by atoms with E-state index in [0.29, 0.717) is 27.3 Å². The summed E-state index contributed by atoms with van der Waals surface area (Å²) in [5.41, 5.74) is 1.80. The minimum Gasteiger partial charge on any atom is -0.497 e. The molecular weight excluding hydrogens is 360 g/mol. The van der Waals surface area contributed by atoms with E-state index in [0.717, 1.165) is 16.1 Å². The van der Waals surface area contributed by atoms with Crippen molar-refractivity contribution >= 4 is 27.9 Å². The Balaban J connectivity index is 1.82. The molecule has 25 heavy (non-hydrogen) atoms. The summed E-state index contributed by atoms with van der Waals surface area (Å²) in [6, 6.07) is 13.1. The lowest BCUT2D eigenvalue weighted by Gasteiger charge is -2.06. The molecule has 0 radical (unpaired) electrons. The molecule has 126 valence electrons. The number of ether oxygens (including phenoxy) is 2. The Morgan fingerprint density at radius 1 is 0.920 bits per heavy atom. The average Bonchev–Trinajstić information content (AvgIpc) is 3.22. The van der Waals surface area contributed by atoms with Crippen LogP contribution in [0.2, 0.25) is 5.02 Å². The third-order valence-electron chi connectivity index (χ3n) is 3.69. The van der Waals surface area contributed by atoms with Crippen molar-refractivity contribution in [2.24, 2.45) is 0 Å². The van der Waals surface area contributed by atoms with Crippen molar-refractivity contribution < 1.29 is 9.47 Å². The number of nitrogens with zero attached hydrogens (tertiary/aromatic N) is 4. The standard InChI is InChI=1S/C17H13ClN4O2S/c1-23-13-7-11(8-14(9-13)24-2)15-19-20-17-22(15)21-16(25-17)10-3-5-12(18)6-4-10/h3-9H,1-2H3. The number of aromatic nitrogens is 4. The monoisotopic (exact) mass is 372 g/mol. The molecule has 0 aliphatic heterocycles. The van der Waals surface area contributed by atoms with Gasteiger partial charge in [-0.15, -0.1) is 10.2 Å². The highest BCUT2D eigenvalue weighted by Crippen LogP contribution is 2.32. The summed E-state index contributed by atoms with van der Waals surface area (Å²) in [5.74, 6) is 1.99. The van der Waals surface area contributed by atoms with E-state index in [9.17, 15) is 0 Å². The highest BCUT2D eigenvalue weighted by atomic mass is 35.5. The van der Waals surface area contributed by atoms with E-state index >= 15 is 0 Å². The molecule has 0 unspecified atom stereocenters. The van der Waals surface area contributed by atoms with Crippen LogP contribution in [0, 0.1) is 0 Å². The van der Waals surface area contributed by atoms with Crippen LogP contribution in [-0.4, -0.2) is 34.0 Å². The van der Waals surface area contributed by atoms with E-state index in [1.807, 2.05) is 42.5 Å². The minimum atomic E-state index is 0.628. The van der Waals surface area contributed by atoms with Gasteiger partial charge >= 0.3 is 0 Å². The lowest BCUT2D eigenvalue weighted by Crippen LogP contribution is -1.94. The zero-order chi connectivity index (χ0) is 17.4. The number of methoxy groups -OCH3 is 2. The molecule has 0 saturated carbocycles. The van der Waals surface area contributed by atoms with Gasteiger partial charge in [-0.05, 0) is 24.3 Å². The Hall–Kier alpha value is -2.64. The van der Waals surface area contributed by atoms with Gasteiger partial charge in [0.1, 0.15) is 16.5 Å². The molecule has 0 aliphatic rings. The van der Waals surface area contributed by atoms with E-state index in [1.165, 1.54) is 11.3 Å². The predicted molar refractivity (Wildman–Crippen MR) is 97.6 cm³/mol. The molecule has 0 aliphatic carbocycles. The molecule has 4 rings (SSSR count). The van der Waals surface area contributed by atoms with Crippen LogP contribution in [0.15, 0.2) is 42.5 Å². The summed E-state index contributed by atoms with van der Waals surface area (Å²) >= 11 is 7.42. The highest BCUT2D eigenvalue weighted by molar-refractivity contribution is 7.19. The molecule has 0 atom stereocenters. The summed E-state index contributed by atoms with van der Waals surface area (Å²) in [4.78, 5) is 0.710. The van der Waals surface area contributed by atoms with Crippen molar-refractivity contribution in [2.75, 3.05) is 14.2 Å². The maximum absolute atomic E-state index is 5.95. The molecule has 4 aromatic rings. The molecule has 0 spiro atoms.